The molecule has 0 radical (unpaired) electrons. The van der Waals surface area contributed by atoms with E-state index in [0.717, 1.165) is 22.6 Å². The molecule has 34 heavy (non-hydrogen) atoms. The summed E-state index contributed by atoms with van der Waals surface area (Å²) in [5.74, 6) is 0.460. The van der Waals surface area contributed by atoms with Gasteiger partial charge in [0.15, 0.2) is 10.9 Å². The number of rotatable bonds is 6. The van der Waals surface area contributed by atoms with Crippen LogP contribution in [0, 0.1) is 20.8 Å². The van der Waals surface area contributed by atoms with E-state index in [1.807, 2.05) is 24.6 Å². The summed E-state index contributed by atoms with van der Waals surface area (Å²) in [7, 11) is 0. The van der Waals surface area contributed by atoms with Gasteiger partial charge in [-0.3, -0.25) is 9.36 Å². The second-order valence-corrected chi connectivity index (χ2v) is 9.67. The van der Waals surface area contributed by atoms with Crippen molar-refractivity contribution in [3.63, 3.8) is 0 Å². The van der Waals surface area contributed by atoms with Crippen LogP contribution in [0.4, 0.5) is 11.5 Å². The van der Waals surface area contributed by atoms with Gasteiger partial charge in [0.1, 0.15) is 5.02 Å². The van der Waals surface area contributed by atoms with E-state index in [0.29, 0.717) is 39.1 Å². The van der Waals surface area contributed by atoms with Crippen molar-refractivity contribution in [2.45, 2.75) is 33.9 Å². The van der Waals surface area contributed by atoms with Gasteiger partial charge >= 0.3 is 0 Å². The van der Waals surface area contributed by atoms with Crippen LogP contribution in [-0.2, 0) is 13.1 Å². The molecule has 0 saturated heterocycles. The summed E-state index contributed by atoms with van der Waals surface area (Å²) in [4.78, 5) is 0. The van der Waals surface area contributed by atoms with Crippen molar-refractivity contribution in [1.29, 1.82) is 0 Å². The van der Waals surface area contributed by atoms with E-state index in [2.05, 4.69) is 52.0 Å². The first-order chi connectivity index (χ1) is 16.2. The molecule has 0 fully saturated rings. The fraction of sp³-hybridized carbons (Fsp3) is 0.208. The Hall–Kier alpha value is -2.58. The number of benzene rings is 2. The minimum atomic E-state index is 0.378. The molecule has 0 atom stereocenters. The number of aromatic nitrogens is 4. The Labute approximate surface area is 218 Å². The molecule has 176 valence electrons. The number of anilines is 2. The maximum Gasteiger partial charge on any atom is 0.176 e. The smallest absolute Gasteiger partial charge is 0.176 e. The predicted molar refractivity (Wildman–Crippen MR) is 145 cm³/mol. The third kappa shape index (κ3) is 5.73. The summed E-state index contributed by atoms with van der Waals surface area (Å²) >= 11 is 24.0. The lowest BCUT2D eigenvalue weighted by atomic mass is 10.1. The van der Waals surface area contributed by atoms with Crippen LogP contribution in [0.2, 0.25) is 15.1 Å². The van der Waals surface area contributed by atoms with E-state index >= 15 is 0 Å². The van der Waals surface area contributed by atoms with E-state index in [1.54, 1.807) is 23.0 Å². The third-order valence-corrected chi connectivity index (χ3v) is 6.57. The first kappa shape index (κ1) is 24.5. The Morgan fingerprint density at radius 1 is 0.853 bits per heavy atom. The third-order valence-electron chi connectivity index (χ3n) is 5.35. The summed E-state index contributed by atoms with van der Waals surface area (Å²) in [6.45, 7) is 7.20. The topological polar surface area (TPSA) is 59.7 Å². The molecule has 10 heteroatoms. The highest BCUT2D eigenvalue weighted by atomic mass is 35.5. The van der Waals surface area contributed by atoms with Crippen LogP contribution in [0.3, 0.4) is 0 Å². The molecular formula is C24H23Cl3N6S. The van der Waals surface area contributed by atoms with Crippen LogP contribution in [0.5, 0.6) is 0 Å². The van der Waals surface area contributed by atoms with Gasteiger partial charge < -0.3 is 10.6 Å². The van der Waals surface area contributed by atoms with Crippen molar-refractivity contribution >= 4 is 63.6 Å². The minimum absolute atomic E-state index is 0.378. The fourth-order valence-corrected chi connectivity index (χ4v) is 4.26. The summed E-state index contributed by atoms with van der Waals surface area (Å²) in [5, 5.41) is 17.3. The Bertz CT molecular complexity index is 1340. The van der Waals surface area contributed by atoms with Gasteiger partial charge in [-0.15, -0.1) is 0 Å². The number of hydrogen-bond acceptors (Lipinski definition) is 3. The highest BCUT2D eigenvalue weighted by Crippen LogP contribution is 2.25. The van der Waals surface area contributed by atoms with Gasteiger partial charge in [-0.1, -0.05) is 70.7 Å². The van der Waals surface area contributed by atoms with Crippen LogP contribution >= 0.6 is 47.0 Å². The lowest BCUT2D eigenvalue weighted by molar-refractivity contribution is 0.659. The monoisotopic (exact) mass is 532 g/mol. The number of thiocarbonyl (C=S) groups is 1. The van der Waals surface area contributed by atoms with E-state index < -0.39 is 0 Å². The van der Waals surface area contributed by atoms with Crippen LogP contribution in [0.25, 0.3) is 0 Å². The van der Waals surface area contributed by atoms with Crippen molar-refractivity contribution < 1.29 is 0 Å². The van der Waals surface area contributed by atoms with Crippen molar-refractivity contribution in [2.75, 3.05) is 10.6 Å². The van der Waals surface area contributed by atoms with Gasteiger partial charge in [-0.2, -0.15) is 10.2 Å². The Morgan fingerprint density at radius 3 is 2.26 bits per heavy atom. The molecule has 2 heterocycles. The number of nitrogens with zero attached hydrogens (tertiary/aromatic N) is 4. The second-order valence-electron chi connectivity index (χ2n) is 8.04. The van der Waals surface area contributed by atoms with Gasteiger partial charge in [0.2, 0.25) is 0 Å². The SMILES string of the molecule is Cc1ccc(Cn2nc(C)c(NC(=S)Nc3nn(Cc4ccc(Cl)c(Cl)c4)cc3Cl)c2C)cc1. The van der Waals surface area contributed by atoms with Crippen molar-refractivity contribution in [2.24, 2.45) is 0 Å². The highest BCUT2D eigenvalue weighted by molar-refractivity contribution is 7.80. The van der Waals surface area contributed by atoms with Gasteiger partial charge in [0, 0.05) is 6.20 Å². The molecule has 0 amide bonds. The Balaban J connectivity index is 1.43. The largest absolute Gasteiger partial charge is 0.329 e. The lowest BCUT2D eigenvalue weighted by Gasteiger charge is -2.10. The first-order valence-corrected chi connectivity index (χ1v) is 12.1. The molecule has 4 aromatic rings. The molecule has 0 spiro atoms. The van der Waals surface area contributed by atoms with Gasteiger partial charge in [-0.25, -0.2) is 0 Å². The fourth-order valence-electron chi connectivity index (χ4n) is 3.54. The van der Waals surface area contributed by atoms with Crippen LogP contribution in [0.1, 0.15) is 28.1 Å². The van der Waals surface area contributed by atoms with Gasteiger partial charge in [0.05, 0.1) is 40.2 Å². The summed E-state index contributed by atoms with van der Waals surface area (Å²) in [6.07, 6.45) is 1.73. The molecule has 0 aliphatic carbocycles. The van der Waals surface area contributed by atoms with E-state index in [-0.39, 0.29) is 0 Å². The minimum Gasteiger partial charge on any atom is -0.329 e. The van der Waals surface area contributed by atoms with Crippen molar-refractivity contribution in [3.8, 4) is 0 Å². The van der Waals surface area contributed by atoms with E-state index in [9.17, 15) is 0 Å². The summed E-state index contributed by atoms with van der Waals surface area (Å²) < 4.78 is 3.67. The number of hydrogen-bond donors (Lipinski definition) is 2. The van der Waals surface area contributed by atoms with E-state index in [4.69, 9.17) is 47.0 Å². The zero-order chi connectivity index (χ0) is 24.4. The van der Waals surface area contributed by atoms with Crippen LogP contribution in [-0.4, -0.2) is 24.7 Å². The van der Waals surface area contributed by atoms with Gasteiger partial charge in [0.25, 0.3) is 0 Å². The molecule has 0 aliphatic rings. The summed E-state index contributed by atoms with van der Waals surface area (Å²) in [6, 6.07) is 13.9. The highest BCUT2D eigenvalue weighted by Gasteiger charge is 2.15. The molecule has 2 aromatic heterocycles. The average molecular weight is 534 g/mol. The molecule has 0 aliphatic heterocycles. The average Bonchev–Trinajstić information content (AvgIpc) is 3.25. The molecular weight excluding hydrogens is 511 g/mol. The molecule has 2 N–H and O–H groups in total. The maximum atomic E-state index is 6.39. The van der Waals surface area contributed by atoms with Crippen LogP contribution in [0.15, 0.2) is 48.7 Å². The number of aryl methyl sites for hydroxylation is 2. The molecule has 0 saturated carbocycles. The Morgan fingerprint density at radius 2 is 1.56 bits per heavy atom. The lowest BCUT2D eigenvalue weighted by Crippen LogP contribution is -2.20. The van der Waals surface area contributed by atoms with E-state index in [1.165, 1.54) is 11.1 Å². The maximum absolute atomic E-state index is 6.39. The summed E-state index contributed by atoms with van der Waals surface area (Å²) in [5.41, 5.74) is 6.06. The standard InChI is InChI=1S/C24H23Cl3N6S/c1-14-4-6-17(7-5-14)12-33-16(3)22(15(2)30-33)28-24(34)29-23-21(27)13-32(31-23)11-18-8-9-19(25)20(26)10-18/h4-10,13H,11-12H2,1-3H3,(H2,28,29,31,34). The molecule has 2 aromatic carbocycles. The quantitative estimate of drug-likeness (QED) is 0.265. The predicted octanol–water partition coefficient (Wildman–Crippen LogP) is 6.87. The molecule has 6 nitrogen and oxygen atoms in total. The zero-order valence-electron chi connectivity index (χ0n) is 18.9. The molecule has 4 rings (SSSR count). The normalized spacial score (nSPS) is 11.0. The van der Waals surface area contributed by atoms with Crippen molar-refractivity contribution in [1.82, 2.24) is 19.6 Å². The van der Waals surface area contributed by atoms with Gasteiger partial charge in [-0.05, 0) is 56.2 Å². The van der Waals surface area contributed by atoms with Crippen molar-refractivity contribution in [3.05, 3.63) is 91.8 Å². The number of nitrogens with one attached hydrogen (secondary N) is 2. The Kier molecular flexibility index (Phi) is 7.48. The molecule has 0 bridgehead atoms. The zero-order valence-corrected chi connectivity index (χ0v) is 21.9. The van der Waals surface area contributed by atoms with Crippen LogP contribution < -0.4 is 10.6 Å². The first-order valence-electron chi connectivity index (χ1n) is 10.5. The number of halogens is 3. The molecule has 0 unspecified atom stereocenters. The second kappa shape index (κ2) is 10.4.